The minimum atomic E-state index is -1.05. The largest absolute Gasteiger partial charge is 0.490 e. The molecular weight excluding hydrogens is 586 g/mol. The Morgan fingerprint density at radius 1 is 1.09 bits per heavy atom. The SMILES string of the molecule is CN(C)N1CCCC/C=C/C2CC2([C]=O)NC(=O)C2CC(Oc3cc(-c4ccccc4)nc4cc(OC(N)=O)ccc34)CC2C1=O. The number of carbonyl (C=O) groups excluding carboxylic acids is 4. The van der Waals surface area contributed by atoms with Crippen LogP contribution in [0.25, 0.3) is 22.2 Å². The lowest BCUT2D eigenvalue weighted by Crippen LogP contribution is -2.50. The minimum absolute atomic E-state index is 0.0965. The van der Waals surface area contributed by atoms with Gasteiger partial charge in [0.05, 0.1) is 23.0 Å². The average Bonchev–Trinajstić information content (AvgIpc) is 3.54. The summed E-state index contributed by atoms with van der Waals surface area (Å²) in [6.45, 7) is 0.538. The van der Waals surface area contributed by atoms with Gasteiger partial charge in [-0.05, 0) is 50.7 Å². The molecule has 5 atom stereocenters. The third-order valence-electron chi connectivity index (χ3n) is 9.14. The number of aromatic nitrogens is 1. The van der Waals surface area contributed by atoms with Crippen molar-refractivity contribution in [3.8, 4) is 22.8 Å². The molecule has 1 aromatic heterocycles. The van der Waals surface area contributed by atoms with Crippen molar-refractivity contribution in [2.24, 2.45) is 23.5 Å². The van der Waals surface area contributed by atoms with Crippen LogP contribution in [0.3, 0.4) is 0 Å². The number of amides is 3. The second-order valence-electron chi connectivity index (χ2n) is 12.5. The van der Waals surface area contributed by atoms with Gasteiger partial charge in [0, 0.05) is 49.6 Å². The summed E-state index contributed by atoms with van der Waals surface area (Å²) in [4.78, 5) is 56.2. The molecule has 5 unspecified atom stereocenters. The lowest BCUT2D eigenvalue weighted by atomic mass is 9.93. The Morgan fingerprint density at radius 3 is 2.61 bits per heavy atom. The van der Waals surface area contributed by atoms with Gasteiger partial charge in [-0.3, -0.25) is 19.4 Å². The van der Waals surface area contributed by atoms with E-state index in [0.29, 0.717) is 41.7 Å². The molecule has 3 aliphatic rings. The zero-order chi connectivity index (χ0) is 32.4. The lowest BCUT2D eigenvalue weighted by molar-refractivity contribution is -0.153. The second kappa shape index (κ2) is 12.9. The van der Waals surface area contributed by atoms with E-state index in [1.165, 1.54) is 0 Å². The molecule has 2 aliphatic carbocycles. The molecule has 6 rings (SSSR count). The van der Waals surface area contributed by atoms with Crippen LogP contribution >= 0.6 is 0 Å². The molecule has 239 valence electrons. The monoisotopic (exact) mass is 624 g/mol. The highest BCUT2D eigenvalue weighted by Crippen LogP contribution is 2.45. The average molecular weight is 625 g/mol. The Hall–Kier alpha value is -4.77. The maximum absolute atomic E-state index is 14.1. The normalized spacial score (nSPS) is 27.2. The van der Waals surface area contributed by atoms with Crippen molar-refractivity contribution in [2.45, 2.75) is 50.2 Å². The molecule has 3 amide bonds. The molecule has 3 aromatic rings. The summed E-state index contributed by atoms with van der Waals surface area (Å²) in [5.41, 5.74) is 6.21. The Kier molecular flexibility index (Phi) is 8.77. The molecule has 1 aliphatic heterocycles. The molecule has 3 N–H and O–H groups in total. The Bertz CT molecular complexity index is 1680. The number of nitrogens with two attached hydrogens (primary N) is 1. The van der Waals surface area contributed by atoms with E-state index in [2.05, 4.69) is 17.7 Å². The summed E-state index contributed by atoms with van der Waals surface area (Å²) in [6, 6.07) is 16.4. The van der Waals surface area contributed by atoms with Gasteiger partial charge in [0.25, 0.3) is 0 Å². The van der Waals surface area contributed by atoms with Crippen LogP contribution in [0.4, 0.5) is 4.79 Å². The quantitative estimate of drug-likeness (QED) is 0.389. The maximum atomic E-state index is 14.1. The number of hydrogen-bond donors (Lipinski definition) is 2. The first-order chi connectivity index (χ1) is 22.2. The zero-order valence-corrected chi connectivity index (χ0v) is 26.0. The van der Waals surface area contributed by atoms with Crippen molar-refractivity contribution in [1.82, 2.24) is 20.3 Å². The van der Waals surface area contributed by atoms with Crippen molar-refractivity contribution in [2.75, 3.05) is 20.6 Å². The smallest absolute Gasteiger partial charge is 0.409 e. The fourth-order valence-electron chi connectivity index (χ4n) is 6.64. The Labute approximate surface area is 267 Å². The van der Waals surface area contributed by atoms with Crippen molar-refractivity contribution in [1.29, 1.82) is 0 Å². The molecular formula is C35H38N5O6. The molecule has 46 heavy (non-hydrogen) atoms. The highest BCUT2D eigenvalue weighted by atomic mass is 16.5. The molecule has 2 fully saturated rings. The number of primary amides is 1. The molecule has 11 heteroatoms. The number of fused-ring (bicyclic) bond motifs is 3. The number of benzene rings is 2. The van der Waals surface area contributed by atoms with Crippen molar-refractivity contribution >= 4 is 35.1 Å². The first kappa shape index (κ1) is 31.2. The number of nitrogens with one attached hydrogen (secondary N) is 1. The first-order valence-electron chi connectivity index (χ1n) is 15.7. The van der Waals surface area contributed by atoms with Crippen LogP contribution in [0.2, 0.25) is 0 Å². The van der Waals surface area contributed by atoms with Gasteiger partial charge in [0.1, 0.15) is 23.1 Å². The summed E-state index contributed by atoms with van der Waals surface area (Å²) < 4.78 is 11.8. The molecule has 0 spiro atoms. The van der Waals surface area contributed by atoms with Crippen LogP contribution in [-0.2, 0) is 14.4 Å². The predicted molar refractivity (Wildman–Crippen MR) is 171 cm³/mol. The summed E-state index contributed by atoms with van der Waals surface area (Å²) in [6.07, 6.45) is 8.36. The fraction of sp³-hybridized carbons (Fsp3) is 0.400. The predicted octanol–water partition coefficient (Wildman–Crippen LogP) is 4.16. The molecule has 0 bridgehead atoms. The van der Waals surface area contributed by atoms with Crippen LogP contribution in [-0.4, -0.2) is 71.5 Å². The van der Waals surface area contributed by atoms with E-state index >= 15 is 0 Å². The van der Waals surface area contributed by atoms with Crippen molar-refractivity contribution in [3.63, 3.8) is 0 Å². The van der Waals surface area contributed by atoms with Gasteiger partial charge in [-0.2, -0.15) is 0 Å². The van der Waals surface area contributed by atoms with Crippen LogP contribution in [0, 0.1) is 17.8 Å². The molecule has 2 saturated carbocycles. The second-order valence-corrected chi connectivity index (χ2v) is 12.5. The summed E-state index contributed by atoms with van der Waals surface area (Å²) in [5.74, 6) is -1.16. The van der Waals surface area contributed by atoms with E-state index in [9.17, 15) is 19.2 Å². The summed E-state index contributed by atoms with van der Waals surface area (Å²) in [5, 5.41) is 7.11. The zero-order valence-electron chi connectivity index (χ0n) is 26.0. The number of rotatable bonds is 6. The highest BCUT2D eigenvalue weighted by molar-refractivity contribution is 5.92. The number of hydrazine groups is 1. The van der Waals surface area contributed by atoms with E-state index in [1.54, 1.807) is 28.2 Å². The van der Waals surface area contributed by atoms with Gasteiger partial charge >= 0.3 is 6.09 Å². The number of hydrogen-bond acceptors (Lipinski definition) is 8. The first-order valence-corrected chi connectivity index (χ1v) is 15.7. The topological polar surface area (TPSA) is 144 Å². The molecule has 1 radical (unpaired) electrons. The molecule has 0 saturated heterocycles. The van der Waals surface area contributed by atoms with Gasteiger partial charge in [-0.25, -0.2) is 14.8 Å². The fourth-order valence-corrected chi connectivity index (χ4v) is 6.64. The lowest BCUT2D eigenvalue weighted by Gasteiger charge is -2.33. The van der Waals surface area contributed by atoms with Crippen LogP contribution in [0.1, 0.15) is 38.5 Å². The molecule has 11 nitrogen and oxygen atoms in total. The van der Waals surface area contributed by atoms with Crippen LogP contribution in [0.15, 0.2) is 66.7 Å². The highest BCUT2D eigenvalue weighted by Gasteiger charge is 2.57. The van der Waals surface area contributed by atoms with E-state index in [0.717, 1.165) is 24.8 Å². The third-order valence-corrected chi connectivity index (χ3v) is 9.14. The third kappa shape index (κ3) is 6.46. The van der Waals surface area contributed by atoms with Crippen molar-refractivity contribution in [3.05, 3.63) is 66.7 Å². The Balaban J connectivity index is 1.34. The minimum Gasteiger partial charge on any atom is -0.490 e. The van der Waals surface area contributed by atoms with E-state index in [1.807, 2.05) is 56.6 Å². The number of carbonyl (C=O) groups is 3. The van der Waals surface area contributed by atoms with E-state index < -0.39 is 29.6 Å². The number of allylic oxidation sites excluding steroid dienone is 1. The standard InChI is InChI=1S/C35H38N5O6/c1-39(2)40-15-9-4-3-8-12-23-20-35(23,21-41)38-32(42)27-16-25(17-28(27)33(40)43)45-31-19-29(22-10-6-5-7-11-22)37-30-18-24(46-34(36)44)13-14-26(30)31/h5-8,10-14,18-19,23,25,27-28H,3-4,9,15-17,20H2,1-2H3,(H2,36,44)(H,38,42)/b12-8+. The Morgan fingerprint density at radius 2 is 1.87 bits per heavy atom. The molecule has 2 heterocycles. The molecule has 2 aromatic carbocycles. The van der Waals surface area contributed by atoms with E-state index in [4.69, 9.17) is 20.2 Å². The summed E-state index contributed by atoms with van der Waals surface area (Å²) >= 11 is 0. The number of ether oxygens (including phenoxy) is 2. The van der Waals surface area contributed by atoms with Crippen molar-refractivity contribution < 1.29 is 28.7 Å². The van der Waals surface area contributed by atoms with Gasteiger partial charge in [0.15, 0.2) is 0 Å². The van der Waals surface area contributed by atoms with Gasteiger partial charge in [0.2, 0.25) is 18.1 Å². The summed E-state index contributed by atoms with van der Waals surface area (Å²) in [7, 11) is 3.66. The maximum Gasteiger partial charge on any atom is 0.409 e. The van der Waals surface area contributed by atoms with Gasteiger partial charge in [-0.15, -0.1) is 0 Å². The number of pyridine rings is 1. The van der Waals surface area contributed by atoms with Crippen LogP contribution < -0.4 is 20.5 Å². The van der Waals surface area contributed by atoms with Gasteiger partial charge < -0.3 is 20.5 Å². The van der Waals surface area contributed by atoms with Crippen LogP contribution in [0.5, 0.6) is 11.5 Å². The van der Waals surface area contributed by atoms with E-state index in [-0.39, 0.29) is 29.9 Å². The van der Waals surface area contributed by atoms with Gasteiger partial charge in [-0.1, -0.05) is 42.5 Å². The number of nitrogens with zero attached hydrogens (tertiary/aromatic N) is 3.